The first-order valence-electron chi connectivity index (χ1n) is 6.77. The van der Waals surface area contributed by atoms with Crippen LogP contribution in [0.15, 0.2) is 12.4 Å². The molecule has 96 valence electrons. The van der Waals surface area contributed by atoms with Crippen LogP contribution in [-0.4, -0.2) is 28.7 Å². The van der Waals surface area contributed by atoms with Crippen molar-refractivity contribution in [3.63, 3.8) is 0 Å². The minimum atomic E-state index is 0.460. The van der Waals surface area contributed by atoms with Gasteiger partial charge in [-0.05, 0) is 25.7 Å². The molecular formula is C13H24N4. The second kappa shape index (κ2) is 5.54. The number of aryl methyl sites for hydroxylation is 1. The summed E-state index contributed by atoms with van der Waals surface area (Å²) in [6, 6.07) is 0.460. The Balaban J connectivity index is 2.15. The first kappa shape index (κ1) is 12.4. The van der Waals surface area contributed by atoms with Gasteiger partial charge in [-0.25, -0.2) is 4.98 Å². The van der Waals surface area contributed by atoms with Crippen LogP contribution in [0.2, 0.25) is 0 Å². The molecule has 2 atom stereocenters. The molecule has 0 aliphatic carbocycles. The van der Waals surface area contributed by atoms with E-state index in [4.69, 9.17) is 5.73 Å². The Morgan fingerprint density at radius 1 is 1.47 bits per heavy atom. The topological polar surface area (TPSA) is 47.1 Å². The van der Waals surface area contributed by atoms with Crippen molar-refractivity contribution in [2.24, 2.45) is 11.7 Å². The van der Waals surface area contributed by atoms with Gasteiger partial charge >= 0.3 is 0 Å². The normalized spacial score (nSPS) is 25.2. The Morgan fingerprint density at radius 3 is 2.94 bits per heavy atom. The maximum Gasteiger partial charge on any atom is 0.205 e. The van der Waals surface area contributed by atoms with Crippen LogP contribution < -0.4 is 10.6 Å². The van der Waals surface area contributed by atoms with Gasteiger partial charge in [0.25, 0.3) is 0 Å². The first-order valence-corrected chi connectivity index (χ1v) is 6.77. The van der Waals surface area contributed by atoms with Crippen molar-refractivity contribution in [3.8, 4) is 0 Å². The van der Waals surface area contributed by atoms with Crippen LogP contribution in [-0.2, 0) is 6.54 Å². The van der Waals surface area contributed by atoms with Gasteiger partial charge in [0.2, 0.25) is 5.95 Å². The molecule has 1 saturated heterocycles. The zero-order valence-corrected chi connectivity index (χ0v) is 11.0. The van der Waals surface area contributed by atoms with Gasteiger partial charge in [-0.15, -0.1) is 0 Å². The maximum atomic E-state index is 5.93. The molecule has 0 bridgehead atoms. The lowest BCUT2D eigenvalue weighted by Gasteiger charge is -2.39. The minimum absolute atomic E-state index is 0.460. The summed E-state index contributed by atoms with van der Waals surface area (Å²) in [6.07, 6.45) is 7.69. The Kier molecular flexibility index (Phi) is 4.05. The van der Waals surface area contributed by atoms with Crippen LogP contribution in [0.3, 0.4) is 0 Å². The number of rotatable bonds is 4. The van der Waals surface area contributed by atoms with E-state index in [-0.39, 0.29) is 0 Å². The Bertz CT molecular complexity index is 347. The molecule has 1 aliphatic heterocycles. The summed E-state index contributed by atoms with van der Waals surface area (Å²) in [7, 11) is 0. The number of hydrogen-bond acceptors (Lipinski definition) is 3. The van der Waals surface area contributed by atoms with Gasteiger partial charge in [-0.3, -0.25) is 0 Å². The summed E-state index contributed by atoms with van der Waals surface area (Å²) < 4.78 is 2.20. The largest absolute Gasteiger partial charge is 0.338 e. The van der Waals surface area contributed by atoms with Crippen LogP contribution in [0.5, 0.6) is 0 Å². The molecule has 0 saturated carbocycles. The number of nitrogens with two attached hydrogens (primary N) is 1. The number of hydrogen-bond donors (Lipinski definition) is 1. The second-order valence-corrected chi connectivity index (χ2v) is 4.89. The van der Waals surface area contributed by atoms with Crippen molar-refractivity contribution in [2.45, 2.75) is 45.7 Å². The lowest BCUT2D eigenvalue weighted by Crippen LogP contribution is -2.47. The molecule has 2 rings (SSSR count). The third kappa shape index (κ3) is 2.46. The van der Waals surface area contributed by atoms with Crippen molar-refractivity contribution in [1.29, 1.82) is 0 Å². The molecular weight excluding hydrogens is 212 g/mol. The van der Waals surface area contributed by atoms with Crippen LogP contribution in [0.4, 0.5) is 5.95 Å². The molecule has 1 aromatic heterocycles. The second-order valence-electron chi connectivity index (χ2n) is 4.89. The zero-order chi connectivity index (χ0) is 12.3. The van der Waals surface area contributed by atoms with Crippen LogP contribution in [0.1, 0.15) is 33.1 Å². The predicted octanol–water partition coefficient (Wildman–Crippen LogP) is 1.86. The first-order chi connectivity index (χ1) is 8.30. The smallest absolute Gasteiger partial charge is 0.205 e. The Morgan fingerprint density at radius 2 is 2.29 bits per heavy atom. The highest BCUT2D eigenvalue weighted by Crippen LogP contribution is 2.28. The molecule has 17 heavy (non-hydrogen) atoms. The van der Waals surface area contributed by atoms with Crippen LogP contribution in [0.25, 0.3) is 0 Å². The summed E-state index contributed by atoms with van der Waals surface area (Å²) in [4.78, 5) is 6.89. The van der Waals surface area contributed by atoms with Gasteiger partial charge in [0.15, 0.2) is 0 Å². The number of nitrogens with zero attached hydrogens (tertiary/aromatic N) is 3. The van der Waals surface area contributed by atoms with Crippen molar-refractivity contribution in [1.82, 2.24) is 9.55 Å². The highest BCUT2D eigenvalue weighted by Gasteiger charge is 2.28. The maximum absolute atomic E-state index is 5.93. The molecule has 1 aromatic rings. The molecule has 4 nitrogen and oxygen atoms in total. The van der Waals surface area contributed by atoms with Crippen molar-refractivity contribution < 1.29 is 0 Å². The van der Waals surface area contributed by atoms with E-state index < -0.39 is 0 Å². The molecule has 0 aromatic carbocycles. The summed E-state index contributed by atoms with van der Waals surface area (Å²) in [5.41, 5.74) is 5.93. The number of anilines is 1. The van der Waals surface area contributed by atoms with E-state index in [1.54, 1.807) is 0 Å². The molecule has 0 amide bonds. The molecule has 1 fully saturated rings. The quantitative estimate of drug-likeness (QED) is 0.868. The third-order valence-electron chi connectivity index (χ3n) is 3.96. The number of imidazole rings is 1. The molecule has 1 aliphatic rings. The van der Waals surface area contributed by atoms with Crippen LogP contribution >= 0.6 is 0 Å². The molecule has 2 unspecified atom stereocenters. The summed E-state index contributed by atoms with van der Waals surface area (Å²) in [6.45, 7) is 7.23. The average Bonchev–Trinajstić information content (AvgIpc) is 2.85. The lowest BCUT2D eigenvalue weighted by atomic mass is 9.89. The predicted molar refractivity (Wildman–Crippen MR) is 71.1 cm³/mol. The fourth-order valence-corrected chi connectivity index (χ4v) is 2.80. The molecule has 4 heteroatoms. The average molecular weight is 236 g/mol. The minimum Gasteiger partial charge on any atom is -0.338 e. The van der Waals surface area contributed by atoms with Crippen molar-refractivity contribution in [2.75, 3.05) is 18.0 Å². The van der Waals surface area contributed by atoms with E-state index in [1.165, 1.54) is 19.3 Å². The summed E-state index contributed by atoms with van der Waals surface area (Å²) in [5.74, 6) is 1.93. The Labute approximate surface area is 104 Å². The highest BCUT2D eigenvalue weighted by atomic mass is 15.3. The zero-order valence-electron chi connectivity index (χ0n) is 11.0. The number of aromatic nitrogens is 2. The SMILES string of the molecule is CCC1CCN(c2nccn2CC)C(CN)C1. The van der Waals surface area contributed by atoms with E-state index in [9.17, 15) is 0 Å². The number of piperidine rings is 1. The van der Waals surface area contributed by atoms with E-state index in [0.29, 0.717) is 6.04 Å². The lowest BCUT2D eigenvalue weighted by molar-refractivity contribution is 0.330. The third-order valence-corrected chi connectivity index (χ3v) is 3.96. The van der Waals surface area contributed by atoms with E-state index in [2.05, 4.69) is 34.5 Å². The van der Waals surface area contributed by atoms with Gasteiger partial charge in [0.1, 0.15) is 0 Å². The van der Waals surface area contributed by atoms with Gasteiger partial charge < -0.3 is 15.2 Å². The van der Waals surface area contributed by atoms with Gasteiger partial charge in [0, 0.05) is 38.1 Å². The highest BCUT2D eigenvalue weighted by molar-refractivity contribution is 5.34. The standard InChI is InChI=1S/C13H24N4/c1-3-11-5-7-17(12(9-11)10-14)13-15-6-8-16(13)4-2/h6,8,11-12H,3-5,7,9-10,14H2,1-2H3. The van der Waals surface area contributed by atoms with Crippen LogP contribution in [0, 0.1) is 5.92 Å². The van der Waals surface area contributed by atoms with E-state index in [1.807, 2.05) is 6.20 Å². The monoisotopic (exact) mass is 236 g/mol. The summed E-state index contributed by atoms with van der Waals surface area (Å²) in [5, 5.41) is 0. The van der Waals surface area contributed by atoms with Gasteiger partial charge in [-0.1, -0.05) is 13.3 Å². The van der Waals surface area contributed by atoms with E-state index >= 15 is 0 Å². The van der Waals surface area contributed by atoms with Crippen molar-refractivity contribution in [3.05, 3.63) is 12.4 Å². The fourth-order valence-electron chi connectivity index (χ4n) is 2.80. The summed E-state index contributed by atoms with van der Waals surface area (Å²) >= 11 is 0. The molecule has 2 N–H and O–H groups in total. The molecule has 0 spiro atoms. The van der Waals surface area contributed by atoms with Crippen molar-refractivity contribution >= 4 is 5.95 Å². The molecule has 2 heterocycles. The van der Waals surface area contributed by atoms with Gasteiger partial charge in [-0.2, -0.15) is 0 Å². The van der Waals surface area contributed by atoms with Gasteiger partial charge in [0.05, 0.1) is 0 Å². The molecule has 0 radical (unpaired) electrons. The van der Waals surface area contributed by atoms with E-state index in [0.717, 1.165) is 31.5 Å². The fraction of sp³-hybridized carbons (Fsp3) is 0.769. The Hall–Kier alpha value is -1.03.